The topological polar surface area (TPSA) is 55.1 Å². The highest BCUT2D eigenvalue weighted by Crippen LogP contribution is 2.13. The molecule has 1 aromatic carbocycles. The van der Waals surface area contributed by atoms with E-state index in [1.165, 1.54) is 11.1 Å². The largest absolute Gasteiger partial charge is 0.363 e. The van der Waals surface area contributed by atoms with Crippen molar-refractivity contribution < 1.29 is 0 Å². The van der Waals surface area contributed by atoms with Gasteiger partial charge in [0.25, 0.3) is 0 Å². The van der Waals surface area contributed by atoms with E-state index in [2.05, 4.69) is 39.6 Å². The minimum absolute atomic E-state index is 0.728. The van der Waals surface area contributed by atoms with Gasteiger partial charge in [-0.2, -0.15) is 0 Å². The van der Waals surface area contributed by atoms with Crippen LogP contribution >= 0.6 is 0 Å². The number of nitrogens with zero attached hydrogens (tertiary/aromatic N) is 4. The number of aromatic nitrogens is 4. The molecule has 0 amide bonds. The quantitative estimate of drug-likeness (QED) is 0.760. The van der Waals surface area contributed by atoms with Crippen LogP contribution in [0.3, 0.4) is 0 Å². The average Bonchev–Trinajstić information content (AvgIpc) is 2.86. The van der Waals surface area contributed by atoms with Crippen LogP contribution in [0.4, 0.5) is 5.82 Å². The fraction of sp³-hybridized carbons (Fsp3) is 0.154. The Morgan fingerprint density at radius 1 is 1.28 bits per heavy atom. The molecule has 0 unspecified atom stereocenters. The van der Waals surface area contributed by atoms with E-state index in [9.17, 15) is 0 Å². The van der Waals surface area contributed by atoms with Gasteiger partial charge in [-0.3, -0.25) is 4.40 Å². The van der Waals surface area contributed by atoms with Crippen molar-refractivity contribution in [3.05, 3.63) is 54.1 Å². The lowest BCUT2D eigenvalue weighted by atomic mass is 10.1. The molecule has 0 fully saturated rings. The van der Waals surface area contributed by atoms with Gasteiger partial charge in [0, 0.05) is 18.9 Å². The molecule has 2 aromatic heterocycles. The van der Waals surface area contributed by atoms with Crippen LogP contribution in [0.5, 0.6) is 0 Å². The maximum atomic E-state index is 4.29. The van der Waals surface area contributed by atoms with Crippen LogP contribution in [0.1, 0.15) is 11.1 Å². The number of hydrogen-bond acceptors (Lipinski definition) is 4. The van der Waals surface area contributed by atoms with E-state index in [4.69, 9.17) is 0 Å². The SMILES string of the molecule is Cc1ccccc1CNc1nccn2cnnc12. The summed E-state index contributed by atoms with van der Waals surface area (Å²) >= 11 is 0. The molecule has 5 heteroatoms. The summed E-state index contributed by atoms with van der Waals surface area (Å²) in [6.07, 6.45) is 5.22. The maximum Gasteiger partial charge on any atom is 0.203 e. The predicted molar refractivity (Wildman–Crippen MR) is 69.3 cm³/mol. The minimum Gasteiger partial charge on any atom is -0.363 e. The van der Waals surface area contributed by atoms with Crippen molar-refractivity contribution in [3.63, 3.8) is 0 Å². The molecule has 5 nitrogen and oxygen atoms in total. The molecule has 0 aliphatic heterocycles. The number of rotatable bonds is 3. The molecular formula is C13H13N5. The first-order valence-corrected chi connectivity index (χ1v) is 5.77. The van der Waals surface area contributed by atoms with E-state index < -0.39 is 0 Å². The number of fused-ring (bicyclic) bond motifs is 1. The Balaban J connectivity index is 1.85. The minimum atomic E-state index is 0.728. The lowest BCUT2D eigenvalue weighted by Gasteiger charge is -2.08. The molecule has 0 atom stereocenters. The van der Waals surface area contributed by atoms with Crippen molar-refractivity contribution >= 4 is 11.5 Å². The van der Waals surface area contributed by atoms with Crippen LogP contribution in [-0.2, 0) is 6.54 Å². The fourth-order valence-electron chi connectivity index (χ4n) is 1.87. The number of hydrogen-bond donors (Lipinski definition) is 1. The summed E-state index contributed by atoms with van der Waals surface area (Å²) in [5, 5.41) is 11.2. The normalized spacial score (nSPS) is 10.7. The van der Waals surface area contributed by atoms with Gasteiger partial charge in [0.15, 0.2) is 5.82 Å². The van der Waals surface area contributed by atoms with E-state index in [-0.39, 0.29) is 0 Å². The van der Waals surface area contributed by atoms with Crippen LogP contribution in [0, 0.1) is 6.92 Å². The molecule has 0 radical (unpaired) electrons. The van der Waals surface area contributed by atoms with E-state index >= 15 is 0 Å². The van der Waals surface area contributed by atoms with Crippen LogP contribution in [0.25, 0.3) is 5.65 Å². The summed E-state index contributed by atoms with van der Waals surface area (Å²) in [7, 11) is 0. The van der Waals surface area contributed by atoms with Gasteiger partial charge in [0.1, 0.15) is 6.33 Å². The number of aryl methyl sites for hydroxylation is 1. The third kappa shape index (κ3) is 1.90. The van der Waals surface area contributed by atoms with Crippen molar-refractivity contribution in [2.24, 2.45) is 0 Å². The molecule has 1 N–H and O–H groups in total. The molecule has 3 rings (SSSR count). The standard InChI is InChI=1S/C13H13N5/c1-10-4-2-3-5-11(10)8-15-12-13-17-16-9-18(13)7-6-14-12/h2-7,9H,8H2,1H3,(H,14,15). The first kappa shape index (κ1) is 10.7. The fourth-order valence-corrected chi connectivity index (χ4v) is 1.87. The van der Waals surface area contributed by atoms with Crippen LogP contribution < -0.4 is 5.32 Å². The predicted octanol–water partition coefficient (Wildman–Crippen LogP) is 2.04. The second kappa shape index (κ2) is 4.44. The van der Waals surface area contributed by atoms with Gasteiger partial charge < -0.3 is 5.32 Å². The molecule has 0 spiro atoms. The summed E-state index contributed by atoms with van der Waals surface area (Å²) in [6.45, 7) is 2.83. The Labute approximate surface area is 105 Å². The Bertz CT molecular complexity index is 674. The Morgan fingerprint density at radius 2 is 2.17 bits per heavy atom. The van der Waals surface area contributed by atoms with E-state index in [0.717, 1.165) is 18.0 Å². The number of nitrogens with one attached hydrogen (secondary N) is 1. The molecule has 2 heterocycles. The van der Waals surface area contributed by atoms with Gasteiger partial charge in [-0.05, 0) is 18.1 Å². The van der Waals surface area contributed by atoms with Crippen molar-refractivity contribution in [3.8, 4) is 0 Å². The van der Waals surface area contributed by atoms with Crippen LogP contribution in [0.2, 0.25) is 0 Å². The van der Waals surface area contributed by atoms with Gasteiger partial charge in [0.05, 0.1) is 0 Å². The lowest BCUT2D eigenvalue weighted by Crippen LogP contribution is -2.04. The summed E-state index contributed by atoms with van der Waals surface area (Å²) in [5.41, 5.74) is 3.25. The first-order chi connectivity index (χ1) is 8.84. The summed E-state index contributed by atoms with van der Waals surface area (Å²) in [6, 6.07) is 8.28. The Morgan fingerprint density at radius 3 is 3.06 bits per heavy atom. The smallest absolute Gasteiger partial charge is 0.203 e. The second-order valence-electron chi connectivity index (χ2n) is 4.12. The van der Waals surface area contributed by atoms with Crippen LogP contribution in [0.15, 0.2) is 43.0 Å². The second-order valence-corrected chi connectivity index (χ2v) is 4.12. The van der Waals surface area contributed by atoms with Gasteiger partial charge in [-0.15, -0.1) is 10.2 Å². The average molecular weight is 239 g/mol. The summed E-state index contributed by atoms with van der Waals surface area (Å²) in [4.78, 5) is 4.29. The zero-order valence-corrected chi connectivity index (χ0v) is 10.0. The zero-order valence-electron chi connectivity index (χ0n) is 10.0. The molecule has 0 bridgehead atoms. The number of anilines is 1. The summed E-state index contributed by atoms with van der Waals surface area (Å²) in [5.74, 6) is 0.748. The third-order valence-electron chi connectivity index (χ3n) is 2.92. The van der Waals surface area contributed by atoms with Gasteiger partial charge >= 0.3 is 0 Å². The monoisotopic (exact) mass is 239 g/mol. The van der Waals surface area contributed by atoms with E-state index in [0.29, 0.717) is 0 Å². The van der Waals surface area contributed by atoms with E-state index in [1.807, 2.05) is 22.7 Å². The van der Waals surface area contributed by atoms with Crippen molar-refractivity contribution in [1.29, 1.82) is 0 Å². The Hall–Kier alpha value is -2.43. The van der Waals surface area contributed by atoms with Gasteiger partial charge in [-0.1, -0.05) is 24.3 Å². The highest BCUT2D eigenvalue weighted by atomic mass is 15.2. The van der Waals surface area contributed by atoms with Crippen LogP contribution in [-0.4, -0.2) is 19.6 Å². The molecule has 0 saturated carbocycles. The molecular weight excluding hydrogens is 226 g/mol. The molecule has 0 aliphatic carbocycles. The van der Waals surface area contributed by atoms with Gasteiger partial charge in [0.2, 0.25) is 5.65 Å². The molecule has 90 valence electrons. The third-order valence-corrected chi connectivity index (χ3v) is 2.92. The summed E-state index contributed by atoms with van der Waals surface area (Å²) < 4.78 is 1.84. The highest BCUT2D eigenvalue weighted by molar-refractivity contribution is 5.61. The molecule has 0 aliphatic rings. The first-order valence-electron chi connectivity index (χ1n) is 5.77. The highest BCUT2D eigenvalue weighted by Gasteiger charge is 2.04. The van der Waals surface area contributed by atoms with Crippen molar-refractivity contribution in [1.82, 2.24) is 19.6 Å². The van der Waals surface area contributed by atoms with E-state index in [1.54, 1.807) is 12.5 Å². The van der Waals surface area contributed by atoms with Crippen molar-refractivity contribution in [2.75, 3.05) is 5.32 Å². The van der Waals surface area contributed by atoms with Gasteiger partial charge in [-0.25, -0.2) is 4.98 Å². The van der Waals surface area contributed by atoms with Crippen molar-refractivity contribution in [2.45, 2.75) is 13.5 Å². The number of benzene rings is 1. The lowest BCUT2D eigenvalue weighted by molar-refractivity contribution is 1.06. The maximum absolute atomic E-state index is 4.29. The molecule has 0 saturated heterocycles. The Kier molecular flexibility index (Phi) is 2.64. The molecule has 18 heavy (non-hydrogen) atoms. The zero-order chi connectivity index (χ0) is 12.4. The molecule has 3 aromatic rings.